The number of carbonyl (C=O) groups is 2. The molecule has 37 heavy (non-hydrogen) atoms. The highest BCUT2D eigenvalue weighted by Crippen LogP contribution is 2.50. The lowest BCUT2D eigenvalue weighted by atomic mass is 9.73. The third-order valence-corrected chi connectivity index (χ3v) is 7.53. The predicted octanol–water partition coefficient (Wildman–Crippen LogP) is 6.20. The summed E-state index contributed by atoms with van der Waals surface area (Å²) < 4.78 is 0. The largest absolute Gasteiger partial charge is 0.357 e. The molecule has 198 valence electrons. The van der Waals surface area contributed by atoms with E-state index >= 15 is 0 Å². The minimum Gasteiger partial charge on any atom is -0.357 e. The van der Waals surface area contributed by atoms with E-state index in [-0.39, 0.29) is 17.1 Å². The van der Waals surface area contributed by atoms with Gasteiger partial charge in [-0.1, -0.05) is 55.2 Å². The molecule has 1 unspecified atom stereocenters. The number of benzene rings is 2. The van der Waals surface area contributed by atoms with Gasteiger partial charge in [-0.3, -0.25) is 14.5 Å². The molecule has 8 heteroatoms. The SMILES string of the molecule is CC(=O)N1c2c(CNCCCN(C)C)cccc2NC2=C(C(=O)CC(C)(C)C2)C1c1ccc(Cl)cc1Cl. The Morgan fingerprint density at radius 1 is 1.19 bits per heavy atom. The summed E-state index contributed by atoms with van der Waals surface area (Å²) in [7, 11) is 4.12. The zero-order valence-corrected chi connectivity index (χ0v) is 23.8. The number of rotatable bonds is 7. The number of nitrogens with one attached hydrogen (secondary N) is 2. The molecule has 1 amide bonds. The maximum atomic E-state index is 13.7. The van der Waals surface area contributed by atoms with Crippen molar-refractivity contribution in [1.29, 1.82) is 0 Å². The van der Waals surface area contributed by atoms with Crippen LogP contribution < -0.4 is 15.5 Å². The Hall–Kier alpha value is -2.38. The minimum absolute atomic E-state index is 0.0252. The Kier molecular flexibility index (Phi) is 8.34. The van der Waals surface area contributed by atoms with Gasteiger partial charge in [0.15, 0.2) is 5.78 Å². The molecule has 1 aliphatic heterocycles. The molecule has 2 aliphatic rings. The van der Waals surface area contributed by atoms with Crippen molar-refractivity contribution in [3.8, 4) is 0 Å². The standard InChI is InChI=1S/C29H36Cl2N4O2/c1-18(36)35-27-19(17-32-12-7-13-34(4)5)8-6-9-23(27)33-24-15-29(2,3)16-25(37)26(24)28(35)21-11-10-20(30)14-22(21)31/h6,8-11,14,28,32-33H,7,12-13,15-17H2,1-5H3. The molecule has 0 spiro atoms. The summed E-state index contributed by atoms with van der Waals surface area (Å²) in [6.45, 7) is 8.18. The van der Waals surface area contributed by atoms with Crippen LogP contribution in [-0.4, -0.2) is 43.8 Å². The Morgan fingerprint density at radius 3 is 2.62 bits per heavy atom. The van der Waals surface area contributed by atoms with Crippen LogP contribution in [0.25, 0.3) is 0 Å². The molecule has 0 fully saturated rings. The first kappa shape index (κ1) is 27.6. The van der Waals surface area contributed by atoms with Crippen molar-refractivity contribution in [3.63, 3.8) is 0 Å². The number of carbonyl (C=O) groups excluding carboxylic acids is 2. The number of ketones is 1. The van der Waals surface area contributed by atoms with Gasteiger partial charge in [0.25, 0.3) is 0 Å². The number of amides is 1. The van der Waals surface area contributed by atoms with Crippen molar-refractivity contribution in [2.24, 2.45) is 5.41 Å². The number of halogens is 2. The smallest absolute Gasteiger partial charge is 0.224 e. The molecule has 1 atom stereocenters. The van der Waals surface area contributed by atoms with Crippen molar-refractivity contribution in [3.05, 3.63) is 68.8 Å². The molecule has 4 rings (SSSR count). The lowest BCUT2D eigenvalue weighted by Gasteiger charge is -2.37. The van der Waals surface area contributed by atoms with Crippen molar-refractivity contribution < 1.29 is 9.59 Å². The number of nitrogens with zero attached hydrogens (tertiary/aromatic N) is 2. The molecule has 1 aliphatic carbocycles. The Labute approximate surface area is 230 Å². The number of anilines is 2. The summed E-state index contributed by atoms with van der Waals surface area (Å²) in [6, 6.07) is 10.6. The van der Waals surface area contributed by atoms with Gasteiger partial charge in [0, 0.05) is 41.2 Å². The Morgan fingerprint density at radius 2 is 1.95 bits per heavy atom. The zero-order valence-electron chi connectivity index (χ0n) is 22.3. The summed E-state index contributed by atoms with van der Waals surface area (Å²) in [5.74, 6) is -0.136. The molecule has 6 nitrogen and oxygen atoms in total. The maximum Gasteiger partial charge on any atom is 0.224 e. The molecular formula is C29H36Cl2N4O2. The van der Waals surface area contributed by atoms with Gasteiger partial charge in [0.2, 0.25) is 5.91 Å². The molecule has 2 aromatic rings. The summed E-state index contributed by atoms with van der Waals surface area (Å²) in [6.07, 6.45) is 2.10. The van der Waals surface area contributed by atoms with Gasteiger partial charge < -0.3 is 15.5 Å². The minimum atomic E-state index is -0.662. The second-order valence-corrected chi connectivity index (χ2v) is 11.9. The Balaban J connectivity index is 1.86. The maximum absolute atomic E-state index is 13.7. The van der Waals surface area contributed by atoms with Crippen LogP contribution >= 0.6 is 23.2 Å². The third-order valence-electron chi connectivity index (χ3n) is 6.97. The number of Topliss-reactive ketones (excluding diaryl/α,β-unsaturated/α-hetero) is 1. The highest BCUT2D eigenvalue weighted by Gasteiger charge is 2.43. The van der Waals surface area contributed by atoms with Gasteiger partial charge in [-0.25, -0.2) is 0 Å². The van der Waals surface area contributed by atoms with Crippen LogP contribution in [0.3, 0.4) is 0 Å². The van der Waals surface area contributed by atoms with E-state index in [1.807, 2.05) is 24.3 Å². The first-order valence-corrected chi connectivity index (χ1v) is 13.5. The lowest BCUT2D eigenvalue weighted by molar-refractivity contribution is -0.118. The number of hydrogen-bond donors (Lipinski definition) is 2. The fourth-order valence-electron chi connectivity index (χ4n) is 5.40. The molecule has 2 aromatic carbocycles. The van der Waals surface area contributed by atoms with Crippen LogP contribution in [-0.2, 0) is 16.1 Å². The summed E-state index contributed by atoms with van der Waals surface area (Å²) in [4.78, 5) is 31.1. The second kappa shape index (κ2) is 11.2. The van der Waals surface area contributed by atoms with E-state index < -0.39 is 6.04 Å². The molecule has 0 saturated carbocycles. The van der Waals surface area contributed by atoms with E-state index in [1.54, 1.807) is 24.0 Å². The van der Waals surface area contributed by atoms with Crippen LogP contribution in [0.5, 0.6) is 0 Å². The molecule has 0 bridgehead atoms. The average molecular weight is 544 g/mol. The molecule has 0 aromatic heterocycles. The first-order valence-electron chi connectivity index (χ1n) is 12.7. The van der Waals surface area contributed by atoms with Crippen molar-refractivity contribution in [1.82, 2.24) is 10.2 Å². The molecular weight excluding hydrogens is 507 g/mol. The van der Waals surface area contributed by atoms with E-state index in [9.17, 15) is 9.59 Å². The van der Waals surface area contributed by atoms with Gasteiger partial charge in [-0.05, 0) is 74.8 Å². The van der Waals surface area contributed by atoms with E-state index in [4.69, 9.17) is 23.2 Å². The van der Waals surface area contributed by atoms with Crippen LogP contribution in [0.2, 0.25) is 10.0 Å². The highest BCUT2D eigenvalue weighted by molar-refractivity contribution is 6.35. The molecule has 0 saturated heterocycles. The molecule has 2 N–H and O–H groups in total. The Bertz CT molecular complexity index is 1240. The van der Waals surface area contributed by atoms with Crippen molar-refractivity contribution >= 4 is 46.3 Å². The average Bonchev–Trinajstić information content (AvgIpc) is 2.92. The second-order valence-electron chi connectivity index (χ2n) is 11.1. The molecule has 0 radical (unpaired) electrons. The summed E-state index contributed by atoms with van der Waals surface area (Å²) >= 11 is 13.0. The van der Waals surface area contributed by atoms with Crippen LogP contribution in [0.4, 0.5) is 11.4 Å². The van der Waals surface area contributed by atoms with Gasteiger partial charge in [-0.15, -0.1) is 0 Å². The van der Waals surface area contributed by atoms with Crippen LogP contribution in [0, 0.1) is 5.41 Å². The monoisotopic (exact) mass is 542 g/mol. The van der Waals surface area contributed by atoms with Gasteiger partial charge >= 0.3 is 0 Å². The van der Waals surface area contributed by atoms with Crippen molar-refractivity contribution in [2.75, 3.05) is 37.4 Å². The lowest BCUT2D eigenvalue weighted by Crippen LogP contribution is -2.39. The van der Waals surface area contributed by atoms with E-state index in [2.05, 4.69) is 43.5 Å². The molecule has 1 heterocycles. The third kappa shape index (κ3) is 6.04. The van der Waals surface area contributed by atoms with Gasteiger partial charge in [0.1, 0.15) is 0 Å². The van der Waals surface area contributed by atoms with Gasteiger partial charge in [0.05, 0.1) is 17.4 Å². The number of fused-ring (bicyclic) bond motifs is 1. The number of hydrogen-bond acceptors (Lipinski definition) is 5. The van der Waals surface area contributed by atoms with Crippen LogP contribution in [0.1, 0.15) is 57.2 Å². The number of para-hydroxylation sites is 1. The van der Waals surface area contributed by atoms with Crippen LogP contribution in [0.15, 0.2) is 47.7 Å². The summed E-state index contributed by atoms with van der Waals surface area (Å²) in [5.41, 5.74) is 4.49. The zero-order chi connectivity index (χ0) is 26.9. The predicted molar refractivity (Wildman–Crippen MR) is 152 cm³/mol. The normalized spacial score (nSPS) is 18.9. The fraction of sp³-hybridized carbons (Fsp3) is 0.448. The first-order chi connectivity index (χ1) is 17.5. The summed E-state index contributed by atoms with van der Waals surface area (Å²) in [5, 5.41) is 8.04. The van der Waals surface area contributed by atoms with E-state index in [1.165, 1.54) is 0 Å². The van der Waals surface area contributed by atoms with E-state index in [0.29, 0.717) is 40.6 Å². The van der Waals surface area contributed by atoms with Gasteiger partial charge in [-0.2, -0.15) is 0 Å². The topological polar surface area (TPSA) is 64.7 Å². The van der Waals surface area contributed by atoms with E-state index in [0.717, 1.165) is 42.1 Å². The van der Waals surface area contributed by atoms with Crippen molar-refractivity contribution in [2.45, 2.75) is 52.6 Å². The number of allylic oxidation sites excluding steroid dienone is 1. The quantitative estimate of drug-likeness (QED) is 0.408. The fourth-order valence-corrected chi connectivity index (χ4v) is 5.92. The highest BCUT2D eigenvalue weighted by atomic mass is 35.5.